The van der Waals surface area contributed by atoms with Crippen LogP contribution in [0.25, 0.3) is 0 Å². The van der Waals surface area contributed by atoms with E-state index >= 15 is 0 Å². The molecular formula is C16H20N6O. The molecule has 7 nitrogen and oxygen atoms in total. The van der Waals surface area contributed by atoms with E-state index in [0.717, 1.165) is 56.4 Å². The summed E-state index contributed by atoms with van der Waals surface area (Å²) in [5, 5.41) is 14.9. The summed E-state index contributed by atoms with van der Waals surface area (Å²) in [5.74, 6) is 1.88. The van der Waals surface area contributed by atoms with Crippen molar-refractivity contribution in [1.29, 1.82) is 0 Å². The number of rotatable bonds is 2. The van der Waals surface area contributed by atoms with Gasteiger partial charge in [0, 0.05) is 25.3 Å². The number of carbonyl (C=O) groups excluding carboxylic acids is 1. The standard InChI is InChI=1S/C16H20N6O/c23-16(18-12-5-2-1-3-6-12)21-9-4-7-13(21)15-20-19-14-11-17-8-10-22(14)15/h1-3,5-6,13,17H,4,7-11H2,(H,18,23). The Kier molecular flexibility index (Phi) is 3.70. The lowest BCUT2D eigenvalue weighted by atomic mass is 10.2. The fraction of sp³-hybridized carbons (Fsp3) is 0.438. The first-order valence-corrected chi connectivity index (χ1v) is 8.08. The van der Waals surface area contributed by atoms with Crippen LogP contribution in [0.2, 0.25) is 0 Å². The summed E-state index contributed by atoms with van der Waals surface area (Å²) in [6, 6.07) is 9.51. The molecule has 0 radical (unpaired) electrons. The lowest BCUT2D eigenvalue weighted by Gasteiger charge is -2.26. The van der Waals surface area contributed by atoms with E-state index in [0.29, 0.717) is 0 Å². The summed E-state index contributed by atoms with van der Waals surface area (Å²) >= 11 is 0. The number of benzene rings is 1. The molecule has 1 aromatic heterocycles. The highest BCUT2D eigenvalue weighted by molar-refractivity contribution is 5.89. The highest BCUT2D eigenvalue weighted by atomic mass is 16.2. The molecule has 1 unspecified atom stereocenters. The number of aromatic nitrogens is 3. The van der Waals surface area contributed by atoms with Gasteiger partial charge in [0.05, 0.1) is 12.6 Å². The van der Waals surface area contributed by atoms with E-state index in [1.165, 1.54) is 0 Å². The Balaban J connectivity index is 1.55. The first-order chi connectivity index (χ1) is 11.3. The third kappa shape index (κ3) is 2.68. The SMILES string of the molecule is O=C(Nc1ccccc1)N1CCCC1c1nnc2n1CCNC2. The highest BCUT2D eigenvalue weighted by Gasteiger charge is 2.34. The molecule has 2 amide bonds. The van der Waals surface area contributed by atoms with Crippen LogP contribution in [0.5, 0.6) is 0 Å². The maximum Gasteiger partial charge on any atom is 0.322 e. The Morgan fingerprint density at radius 2 is 2.09 bits per heavy atom. The fourth-order valence-corrected chi connectivity index (χ4v) is 3.36. The maximum absolute atomic E-state index is 12.6. The molecule has 1 aromatic carbocycles. The molecule has 2 aliphatic rings. The number of para-hydroxylation sites is 1. The van der Waals surface area contributed by atoms with E-state index in [9.17, 15) is 4.79 Å². The van der Waals surface area contributed by atoms with Crippen molar-refractivity contribution in [2.45, 2.75) is 32.0 Å². The molecule has 4 rings (SSSR count). The van der Waals surface area contributed by atoms with Crippen molar-refractivity contribution in [1.82, 2.24) is 25.0 Å². The average Bonchev–Trinajstić information content (AvgIpc) is 3.22. The van der Waals surface area contributed by atoms with Crippen molar-refractivity contribution in [2.24, 2.45) is 0 Å². The number of nitrogens with zero attached hydrogens (tertiary/aromatic N) is 4. The zero-order chi connectivity index (χ0) is 15.6. The Bertz CT molecular complexity index is 698. The second-order valence-corrected chi connectivity index (χ2v) is 5.95. The molecule has 1 atom stereocenters. The van der Waals surface area contributed by atoms with Gasteiger partial charge >= 0.3 is 6.03 Å². The van der Waals surface area contributed by atoms with Crippen LogP contribution in [-0.4, -0.2) is 38.8 Å². The van der Waals surface area contributed by atoms with Crippen molar-refractivity contribution in [3.05, 3.63) is 42.0 Å². The number of nitrogens with one attached hydrogen (secondary N) is 2. The van der Waals surface area contributed by atoms with Crippen molar-refractivity contribution in [3.63, 3.8) is 0 Å². The van der Waals surface area contributed by atoms with Crippen LogP contribution in [0.15, 0.2) is 30.3 Å². The summed E-state index contributed by atoms with van der Waals surface area (Å²) in [6.45, 7) is 3.28. The zero-order valence-corrected chi connectivity index (χ0v) is 12.9. The minimum absolute atomic E-state index is 0.0121. The van der Waals surface area contributed by atoms with E-state index < -0.39 is 0 Å². The molecule has 2 aliphatic heterocycles. The molecule has 1 saturated heterocycles. The van der Waals surface area contributed by atoms with Crippen LogP contribution in [0.1, 0.15) is 30.5 Å². The first-order valence-electron chi connectivity index (χ1n) is 8.08. The summed E-state index contributed by atoms with van der Waals surface area (Å²) < 4.78 is 2.16. The lowest BCUT2D eigenvalue weighted by Crippen LogP contribution is -2.36. The van der Waals surface area contributed by atoms with Gasteiger partial charge in [-0.3, -0.25) is 0 Å². The quantitative estimate of drug-likeness (QED) is 0.886. The number of anilines is 1. The van der Waals surface area contributed by atoms with E-state index in [2.05, 4.69) is 25.4 Å². The molecule has 0 spiro atoms. The van der Waals surface area contributed by atoms with Crippen LogP contribution in [-0.2, 0) is 13.1 Å². The van der Waals surface area contributed by atoms with Gasteiger partial charge in [0.1, 0.15) is 5.82 Å². The van der Waals surface area contributed by atoms with Crippen molar-refractivity contribution in [3.8, 4) is 0 Å². The first kappa shape index (κ1) is 14.2. The Morgan fingerprint density at radius 3 is 2.96 bits per heavy atom. The summed E-state index contributed by atoms with van der Waals surface area (Å²) in [4.78, 5) is 14.5. The van der Waals surface area contributed by atoms with Crippen molar-refractivity contribution in [2.75, 3.05) is 18.4 Å². The molecule has 0 saturated carbocycles. The Labute approximate surface area is 134 Å². The van der Waals surface area contributed by atoms with Crippen molar-refractivity contribution >= 4 is 11.7 Å². The van der Waals surface area contributed by atoms with Gasteiger partial charge in [0.25, 0.3) is 0 Å². The van der Waals surface area contributed by atoms with Gasteiger partial charge in [0.2, 0.25) is 0 Å². The molecule has 1 fully saturated rings. The minimum Gasteiger partial charge on any atom is -0.314 e. The fourth-order valence-electron chi connectivity index (χ4n) is 3.36. The van der Waals surface area contributed by atoms with E-state index in [1.54, 1.807) is 0 Å². The monoisotopic (exact) mass is 312 g/mol. The van der Waals surface area contributed by atoms with Crippen LogP contribution in [0.4, 0.5) is 10.5 Å². The summed E-state index contributed by atoms with van der Waals surface area (Å²) in [5.41, 5.74) is 0.815. The van der Waals surface area contributed by atoms with Crippen LogP contribution >= 0.6 is 0 Å². The normalized spacial score (nSPS) is 20.3. The van der Waals surface area contributed by atoms with Gasteiger partial charge in [0.15, 0.2) is 5.82 Å². The van der Waals surface area contributed by atoms with Gasteiger partial charge in [-0.05, 0) is 25.0 Å². The van der Waals surface area contributed by atoms with Crippen LogP contribution in [0, 0.1) is 0 Å². The molecule has 2 aromatic rings. The number of fused-ring (bicyclic) bond motifs is 1. The molecule has 2 N–H and O–H groups in total. The Hall–Kier alpha value is -2.41. The molecule has 0 bridgehead atoms. The highest BCUT2D eigenvalue weighted by Crippen LogP contribution is 2.32. The molecular weight excluding hydrogens is 292 g/mol. The number of urea groups is 1. The van der Waals surface area contributed by atoms with Crippen LogP contribution in [0.3, 0.4) is 0 Å². The van der Waals surface area contributed by atoms with Gasteiger partial charge in [-0.1, -0.05) is 18.2 Å². The number of hydrogen-bond acceptors (Lipinski definition) is 4. The third-order valence-electron chi connectivity index (χ3n) is 4.49. The Morgan fingerprint density at radius 1 is 1.22 bits per heavy atom. The lowest BCUT2D eigenvalue weighted by molar-refractivity contribution is 0.203. The number of amides is 2. The predicted molar refractivity (Wildman–Crippen MR) is 85.9 cm³/mol. The predicted octanol–water partition coefficient (Wildman–Crippen LogP) is 1.75. The second kappa shape index (κ2) is 6.00. The van der Waals surface area contributed by atoms with E-state index in [1.807, 2.05) is 35.2 Å². The van der Waals surface area contributed by atoms with Crippen LogP contribution < -0.4 is 10.6 Å². The second-order valence-electron chi connectivity index (χ2n) is 5.95. The molecule has 3 heterocycles. The molecule has 0 aliphatic carbocycles. The topological polar surface area (TPSA) is 75.1 Å². The van der Waals surface area contributed by atoms with Gasteiger partial charge in [-0.25, -0.2) is 4.79 Å². The van der Waals surface area contributed by atoms with E-state index in [-0.39, 0.29) is 12.1 Å². The maximum atomic E-state index is 12.6. The number of hydrogen-bond donors (Lipinski definition) is 2. The minimum atomic E-state index is -0.0648. The number of likely N-dealkylation sites (tertiary alicyclic amines) is 1. The van der Waals surface area contributed by atoms with Crippen molar-refractivity contribution < 1.29 is 4.79 Å². The summed E-state index contributed by atoms with van der Waals surface area (Å²) in [7, 11) is 0. The number of carbonyl (C=O) groups is 1. The zero-order valence-electron chi connectivity index (χ0n) is 12.9. The smallest absolute Gasteiger partial charge is 0.314 e. The van der Waals surface area contributed by atoms with Gasteiger partial charge in [-0.15, -0.1) is 10.2 Å². The molecule has 7 heteroatoms. The van der Waals surface area contributed by atoms with E-state index in [4.69, 9.17) is 0 Å². The third-order valence-corrected chi connectivity index (χ3v) is 4.49. The molecule has 23 heavy (non-hydrogen) atoms. The van der Waals surface area contributed by atoms with Gasteiger partial charge in [-0.2, -0.15) is 0 Å². The summed E-state index contributed by atoms with van der Waals surface area (Å²) in [6.07, 6.45) is 1.93. The largest absolute Gasteiger partial charge is 0.322 e. The van der Waals surface area contributed by atoms with Gasteiger partial charge < -0.3 is 20.1 Å². The average molecular weight is 312 g/mol. The molecule has 120 valence electrons.